The molecule has 0 radical (unpaired) electrons. The van der Waals surface area contributed by atoms with Crippen molar-refractivity contribution in [1.82, 2.24) is 19.7 Å². The normalized spacial score (nSPS) is 18.1. The number of aryl methyl sites for hydroxylation is 1. The van der Waals surface area contributed by atoms with Crippen LogP contribution in [0.25, 0.3) is 0 Å². The highest BCUT2D eigenvalue weighted by Crippen LogP contribution is 2.32. The number of likely N-dealkylation sites (tertiary alicyclic amines) is 1. The Labute approximate surface area is 150 Å². The van der Waals surface area contributed by atoms with Crippen LogP contribution in [0.5, 0.6) is 0 Å². The molecular formula is C16H22N6O2S. The summed E-state index contributed by atoms with van der Waals surface area (Å²) in [7, 11) is 1.81. The van der Waals surface area contributed by atoms with Gasteiger partial charge in [-0.25, -0.2) is 4.98 Å². The molecule has 1 aliphatic heterocycles. The number of hydrogen-bond donors (Lipinski definition) is 2. The lowest BCUT2D eigenvalue weighted by Gasteiger charge is -2.34. The second-order valence-electron chi connectivity index (χ2n) is 6.16. The van der Waals surface area contributed by atoms with Crippen molar-refractivity contribution in [3.63, 3.8) is 0 Å². The average Bonchev–Trinajstić information content (AvgIpc) is 3.16. The van der Waals surface area contributed by atoms with Crippen molar-refractivity contribution < 1.29 is 9.59 Å². The fourth-order valence-electron chi connectivity index (χ4n) is 3.01. The van der Waals surface area contributed by atoms with Crippen molar-refractivity contribution in [1.29, 1.82) is 0 Å². The van der Waals surface area contributed by atoms with Gasteiger partial charge in [0.15, 0.2) is 10.9 Å². The molecule has 2 amide bonds. The molecule has 25 heavy (non-hydrogen) atoms. The van der Waals surface area contributed by atoms with Crippen LogP contribution in [0, 0.1) is 0 Å². The molecule has 3 rings (SSSR count). The molecule has 1 aliphatic rings. The maximum absolute atomic E-state index is 12.3. The van der Waals surface area contributed by atoms with E-state index in [1.165, 1.54) is 18.3 Å². The Kier molecular flexibility index (Phi) is 5.44. The second-order valence-corrected chi connectivity index (χ2v) is 7.02. The summed E-state index contributed by atoms with van der Waals surface area (Å²) >= 11 is 1.41. The first-order chi connectivity index (χ1) is 12.0. The molecule has 1 saturated heterocycles. The average molecular weight is 362 g/mol. The van der Waals surface area contributed by atoms with E-state index >= 15 is 0 Å². The first-order valence-electron chi connectivity index (χ1n) is 8.28. The zero-order valence-corrected chi connectivity index (χ0v) is 15.2. The monoisotopic (exact) mass is 362 g/mol. The van der Waals surface area contributed by atoms with Crippen molar-refractivity contribution in [2.24, 2.45) is 7.05 Å². The minimum atomic E-state index is -0.129. The number of rotatable bonds is 5. The number of thiazole rings is 1. The summed E-state index contributed by atoms with van der Waals surface area (Å²) in [4.78, 5) is 30.2. The SMILES string of the molecule is CC(=O)Nc1nc(C2CCCCN2CC(=O)Nc2ccn(C)n2)cs1. The van der Waals surface area contributed by atoms with Crippen LogP contribution in [0.2, 0.25) is 0 Å². The van der Waals surface area contributed by atoms with Gasteiger partial charge in [-0.1, -0.05) is 6.42 Å². The second kappa shape index (κ2) is 7.75. The van der Waals surface area contributed by atoms with E-state index in [-0.39, 0.29) is 17.9 Å². The number of carbonyl (C=O) groups is 2. The highest BCUT2D eigenvalue weighted by atomic mass is 32.1. The summed E-state index contributed by atoms with van der Waals surface area (Å²) in [6, 6.07) is 1.87. The van der Waals surface area contributed by atoms with Crippen LogP contribution in [0.4, 0.5) is 10.9 Å². The van der Waals surface area contributed by atoms with Crippen LogP contribution < -0.4 is 10.6 Å². The zero-order valence-electron chi connectivity index (χ0n) is 14.4. The standard InChI is InChI=1S/C16H22N6O2S/c1-11(23)17-16-18-12(10-25-16)13-5-3-4-7-22(13)9-15(24)19-14-6-8-21(2)20-14/h6,8,10,13H,3-5,7,9H2,1-2H3,(H,17,18,23)(H,19,20,24). The third-order valence-electron chi connectivity index (χ3n) is 4.09. The van der Waals surface area contributed by atoms with Crippen LogP contribution in [-0.2, 0) is 16.6 Å². The quantitative estimate of drug-likeness (QED) is 0.849. The summed E-state index contributed by atoms with van der Waals surface area (Å²) in [6.45, 7) is 2.62. The Bertz CT molecular complexity index is 755. The van der Waals surface area contributed by atoms with Gasteiger partial charge >= 0.3 is 0 Å². The van der Waals surface area contributed by atoms with Gasteiger partial charge in [0.1, 0.15) is 0 Å². The van der Waals surface area contributed by atoms with Crippen LogP contribution >= 0.6 is 11.3 Å². The number of piperidine rings is 1. The molecule has 0 bridgehead atoms. The number of nitrogens with one attached hydrogen (secondary N) is 2. The van der Waals surface area contributed by atoms with Crippen LogP contribution in [0.1, 0.15) is 37.9 Å². The maximum Gasteiger partial charge on any atom is 0.239 e. The molecule has 1 fully saturated rings. The predicted molar refractivity (Wildman–Crippen MR) is 96.4 cm³/mol. The van der Waals surface area contributed by atoms with E-state index in [0.717, 1.165) is 31.5 Å². The lowest BCUT2D eigenvalue weighted by Crippen LogP contribution is -2.39. The molecule has 8 nitrogen and oxygen atoms in total. The van der Waals surface area contributed by atoms with Crippen molar-refractivity contribution >= 4 is 34.1 Å². The molecule has 2 aromatic rings. The van der Waals surface area contributed by atoms with Crippen molar-refractivity contribution in [2.75, 3.05) is 23.7 Å². The summed E-state index contributed by atoms with van der Waals surface area (Å²) in [5.41, 5.74) is 0.916. The fourth-order valence-corrected chi connectivity index (χ4v) is 3.81. The molecule has 0 aromatic carbocycles. The van der Waals surface area contributed by atoms with Crippen molar-refractivity contribution in [3.05, 3.63) is 23.3 Å². The Hall–Kier alpha value is -2.26. The molecular weight excluding hydrogens is 340 g/mol. The Balaban J connectivity index is 1.65. The number of nitrogens with zero attached hydrogens (tertiary/aromatic N) is 4. The van der Waals surface area contributed by atoms with Gasteiger partial charge < -0.3 is 10.6 Å². The number of aromatic nitrogens is 3. The fraction of sp³-hybridized carbons (Fsp3) is 0.500. The zero-order chi connectivity index (χ0) is 17.8. The Morgan fingerprint density at radius 2 is 2.20 bits per heavy atom. The smallest absolute Gasteiger partial charge is 0.239 e. The van der Waals surface area contributed by atoms with Gasteiger partial charge in [-0.15, -0.1) is 11.3 Å². The minimum Gasteiger partial charge on any atom is -0.308 e. The molecule has 9 heteroatoms. The molecule has 0 aliphatic carbocycles. The van der Waals surface area contributed by atoms with Crippen molar-refractivity contribution in [3.8, 4) is 0 Å². The predicted octanol–water partition coefficient (Wildman–Crippen LogP) is 2.00. The lowest BCUT2D eigenvalue weighted by molar-refractivity contribution is -0.118. The topological polar surface area (TPSA) is 92.1 Å². The first-order valence-corrected chi connectivity index (χ1v) is 9.16. The van der Waals surface area contributed by atoms with E-state index in [1.54, 1.807) is 16.9 Å². The molecule has 134 valence electrons. The Morgan fingerprint density at radius 3 is 2.92 bits per heavy atom. The third kappa shape index (κ3) is 4.64. The van der Waals surface area contributed by atoms with Crippen molar-refractivity contribution in [2.45, 2.75) is 32.2 Å². The maximum atomic E-state index is 12.3. The van der Waals surface area contributed by atoms with Gasteiger partial charge in [-0.05, 0) is 19.4 Å². The van der Waals surface area contributed by atoms with Gasteiger partial charge in [-0.2, -0.15) is 5.10 Å². The third-order valence-corrected chi connectivity index (χ3v) is 4.86. The van der Waals surface area contributed by atoms with Gasteiger partial charge in [-0.3, -0.25) is 19.2 Å². The highest BCUT2D eigenvalue weighted by molar-refractivity contribution is 7.13. The van der Waals surface area contributed by atoms with E-state index in [2.05, 4.69) is 25.6 Å². The minimum absolute atomic E-state index is 0.0806. The number of anilines is 2. The lowest BCUT2D eigenvalue weighted by atomic mass is 10.00. The van der Waals surface area contributed by atoms with Gasteiger partial charge in [0.05, 0.1) is 18.3 Å². The van der Waals surface area contributed by atoms with Crippen LogP contribution in [0.3, 0.4) is 0 Å². The summed E-state index contributed by atoms with van der Waals surface area (Å²) in [6.07, 6.45) is 4.92. The molecule has 1 atom stereocenters. The molecule has 0 spiro atoms. The van der Waals surface area contributed by atoms with E-state index in [1.807, 2.05) is 12.4 Å². The molecule has 3 heterocycles. The van der Waals surface area contributed by atoms with Gasteiger partial charge in [0.2, 0.25) is 11.8 Å². The van der Waals surface area contributed by atoms with E-state index in [9.17, 15) is 9.59 Å². The molecule has 2 N–H and O–H groups in total. The van der Waals surface area contributed by atoms with Gasteiger partial charge in [0, 0.05) is 31.6 Å². The molecule has 2 aromatic heterocycles. The number of carbonyl (C=O) groups excluding carboxylic acids is 2. The first kappa shape index (κ1) is 17.6. The number of hydrogen-bond acceptors (Lipinski definition) is 6. The van der Waals surface area contributed by atoms with Gasteiger partial charge in [0.25, 0.3) is 0 Å². The van der Waals surface area contributed by atoms with Crippen LogP contribution in [0.15, 0.2) is 17.6 Å². The van der Waals surface area contributed by atoms with Crippen LogP contribution in [-0.4, -0.2) is 44.6 Å². The largest absolute Gasteiger partial charge is 0.308 e. The summed E-state index contributed by atoms with van der Waals surface area (Å²) in [5, 5.41) is 12.3. The molecule has 1 unspecified atom stereocenters. The number of amides is 2. The highest BCUT2D eigenvalue weighted by Gasteiger charge is 2.27. The van der Waals surface area contributed by atoms with E-state index in [4.69, 9.17) is 0 Å². The Morgan fingerprint density at radius 1 is 1.36 bits per heavy atom. The summed E-state index contributed by atoms with van der Waals surface area (Å²) in [5.74, 6) is 0.349. The van der Waals surface area contributed by atoms with E-state index < -0.39 is 0 Å². The summed E-state index contributed by atoms with van der Waals surface area (Å²) < 4.78 is 1.65. The molecule has 0 saturated carbocycles. The van der Waals surface area contributed by atoms with E-state index in [0.29, 0.717) is 17.5 Å².